The van der Waals surface area contributed by atoms with E-state index < -0.39 is 11.9 Å². The summed E-state index contributed by atoms with van der Waals surface area (Å²) < 4.78 is 41.0. The number of rotatable bonds is 5. The Bertz CT molecular complexity index is 776. The van der Waals surface area contributed by atoms with Gasteiger partial charge >= 0.3 is 6.18 Å². The molecule has 0 spiro atoms. The molecule has 1 amide bonds. The van der Waals surface area contributed by atoms with Crippen molar-refractivity contribution in [2.45, 2.75) is 46.5 Å². The van der Waals surface area contributed by atoms with Gasteiger partial charge in [0.25, 0.3) is 0 Å². The molecule has 0 saturated heterocycles. The van der Waals surface area contributed by atoms with Crippen molar-refractivity contribution in [2.75, 3.05) is 7.05 Å². The highest BCUT2D eigenvalue weighted by atomic mass is 19.4. The van der Waals surface area contributed by atoms with Crippen LogP contribution in [-0.4, -0.2) is 37.4 Å². The predicted octanol–water partition coefficient (Wildman–Crippen LogP) is 2.61. The first-order chi connectivity index (χ1) is 11.5. The normalized spacial score (nSPS) is 11.8. The van der Waals surface area contributed by atoms with E-state index in [-0.39, 0.29) is 18.9 Å². The lowest BCUT2D eigenvalue weighted by atomic mass is 10.2. The monoisotopic (exact) mass is 357 g/mol. The van der Waals surface area contributed by atoms with Gasteiger partial charge < -0.3 is 4.90 Å². The van der Waals surface area contributed by atoms with Crippen LogP contribution in [0.25, 0.3) is 0 Å². The number of carbonyl (C=O) groups excluding carboxylic acids is 1. The van der Waals surface area contributed by atoms with E-state index in [2.05, 4.69) is 10.2 Å². The minimum Gasteiger partial charge on any atom is -0.341 e. The Morgan fingerprint density at radius 3 is 2.36 bits per heavy atom. The topological polar surface area (TPSA) is 56.0 Å². The Hall–Kier alpha value is -2.32. The second-order valence-electron chi connectivity index (χ2n) is 6.16. The molecule has 0 radical (unpaired) electrons. The van der Waals surface area contributed by atoms with Gasteiger partial charge in [-0.1, -0.05) is 0 Å². The molecule has 0 N–H and O–H groups in total. The number of amides is 1. The number of hydrogen-bond donors (Lipinski definition) is 0. The molecule has 0 saturated carbocycles. The van der Waals surface area contributed by atoms with Gasteiger partial charge in [-0.3, -0.25) is 14.2 Å². The van der Waals surface area contributed by atoms with Crippen molar-refractivity contribution in [1.29, 1.82) is 0 Å². The third-order valence-electron chi connectivity index (χ3n) is 4.29. The van der Waals surface area contributed by atoms with Crippen molar-refractivity contribution in [2.24, 2.45) is 7.05 Å². The number of aryl methyl sites for hydroxylation is 4. The maximum Gasteiger partial charge on any atom is 0.435 e. The Morgan fingerprint density at radius 1 is 1.24 bits per heavy atom. The van der Waals surface area contributed by atoms with Crippen LogP contribution in [0.15, 0.2) is 6.07 Å². The molecule has 2 heterocycles. The van der Waals surface area contributed by atoms with Gasteiger partial charge in [0.05, 0.1) is 5.69 Å². The molecule has 0 unspecified atom stereocenters. The molecule has 2 aromatic rings. The summed E-state index contributed by atoms with van der Waals surface area (Å²) in [6.45, 7) is 5.87. The van der Waals surface area contributed by atoms with Gasteiger partial charge in [-0.25, -0.2) is 0 Å². The minimum atomic E-state index is -4.48. The van der Waals surface area contributed by atoms with Crippen molar-refractivity contribution in [3.63, 3.8) is 0 Å². The van der Waals surface area contributed by atoms with E-state index in [0.29, 0.717) is 12.2 Å². The Kier molecular flexibility index (Phi) is 5.24. The summed E-state index contributed by atoms with van der Waals surface area (Å²) in [5.74, 6) is -0.161. The highest BCUT2D eigenvalue weighted by Crippen LogP contribution is 2.28. The zero-order chi connectivity index (χ0) is 18.9. The maximum absolute atomic E-state index is 12.7. The fourth-order valence-corrected chi connectivity index (χ4v) is 2.64. The molecule has 2 aromatic heterocycles. The van der Waals surface area contributed by atoms with E-state index in [1.165, 1.54) is 4.68 Å². The molecule has 0 aliphatic carbocycles. The van der Waals surface area contributed by atoms with Crippen LogP contribution in [0.4, 0.5) is 13.2 Å². The standard InChI is InChI=1S/C16H22F3N5O/c1-10-8-14(16(17,18)19)21-24(10)7-6-15(25)22(4)9-13-11(2)20-23(5)12(13)3/h8H,6-7,9H2,1-5H3. The van der Waals surface area contributed by atoms with E-state index >= 15 is 0 Å². The molecule has 6 nitrogen and oxygen atoms in total. The maximum atomic E-state index is 12.7. The number of halogens is 3. The van der Waals surface area contributed by atoms with E-state index in [1.54, 1.807) is 23.6 Å². The predicted molar refractivity (Wildman–Crippen MR) is 85.7 cm³/mol. The molecule has 0 aliphatic rings. The van der Waals surface area contributed by atoms with Crippen LogP contribution < -0.4 is 0 Å². The SMILES string of the molecule is Cc1nn(C)c(C)c1CN(C)C(=O)CCn1nc(C(F)(F)F)cc1C. The Labute approximate surface area is 144 Å². The lowest BCUT2D eigenvalue weighted by molar-refractivity contribution is -0.141. The Balaban J connectivity index is 1.99. The molecule has 0 aliphatic heterocycles. The molecule has 0 aromatic carbocycles. The van der Waals surface area contributed by atoms with Crippen LogP contribution in [0.5, 0.6) is 0 Å². The molecule has 0 bridgehead atoms. The van der Waals surface area contributed by atoms with Crippen molar-refractivity contribution >= 4 is 5.91 Å². The average Bonchev–Trinajstić information content (AvgIpc) is 2.99. The van der Waals surface area contributed by atoms with Gasteiger partial charge in [-0.15, -0.1) is 0 Å². The average molecular weight is 357 g/mol. The van der Waals surface area contributed by atoms with Crippen molar-refractivity contribution < 1.29 is 18.0 Å². The molecule has 25 heavy (non-hydrogen) atoms. The first kappa shape index (κ1) is 19.0. The fraction of sp³-hybridized carbons (Fsp3) is 0.562. The fourth-order valence-electron chi connectivity index (χ4n) is 2.64. The van der Waals surface area contributed by atoms with Crippen LogP contribution in [0, 0.1) is 20.8 Å². The summed E-state index contributed by atoms with van der Waals surface area (Å²) in [5, 5.41) is 7.85. The lowest BCUT2D eigenvalue weighted by Gasteiger charge is -2.18. The minimum absolute atomic E-state index is 0.0781. The van der Waals surface area contributed by atoms with E-state index in [1.807, 2.05) is 20.9 Å². The quantitative estimate of drug-likeness (QED) is 0.827. The summed E-state index contributed by atoms with van der Waals surface area (Å²) in [5.41, 5.74) is 2.26. The molecule has 0 fully saturated rings. The second kappa shape index (κ2) is 6.89. The first-order valence-corrected chi connectivity index (χ1v) is 7.85. The molecular weight excluding hydrogens is 335 g/mol. The van der Waals surface area contributed by atoms with Crippen LogP contribution in [-0.2, 0) is 31.1 Å². The van der Waals surface area contributed by atoms with Crippen LogP contribution in [0.2, 0.25) is 0 Å². The zero-order valence-corrected chi connectivity index (χ0v) is 15.0. The summed E-state index contributed by atoms with van der Waals surface area (Å²) in [6, 6.07) is 0.983. The van der Waals surface area contributed by atoms with E-state index in [9.17, 15) is 18.0 Å². The van der Waals surface area contributed by atoms with E-state index in [4.69, 9.17) is 0 Å². The highest BCUT2D eigenvalue weighted by Gasteiger charge is 2.34. The number of hydrogen-bond acceptors (Lipinski definition) is 3. The van der Waals surface area contributed by atoms with Crippen molar-refractivity contribution in [1.82, 2.24) is 24.5 Å². The van der Waals surface area contributed by atoms with Gasteiger partial charge in [0.15, 0.2) is 5.69 Å². The zero-order valence-electron chi connectivity index (χ0n) is 15.0. The Morgan fingerprint density at radius 2 is 1.88 bits per heavy atom. The summed E-state index contributed by atoms with van der Waals surface area (Å²) in [7, 11) is 3.51. The van der Waals surface area contributed by atoms with Crippen molar-refractivity contribution in [3.05, 3.63) is 34.4 Å². The van der Waals surface area contributed by atoms with Crippen LogP contribution in [0.3, 0.4) is 0 Å². The van der Waals surface area contributed by atoms with Crippen molar-refractivity contribution in [3.8, 4) is 0 Å². The lowest BCUT2D eigenvalue weighted by Crippen LogP contribution is -2.27. The summed E-state index contributed by atoms with van der Waals surface area (Å²) in [6.07, 6.45) is -4.40. The molecule has 138 valence electrons. The number of alkyl halides is 3. The second-order valence-corrected chi connectivity index (χ2v) is 6.16. The van der Waals surface area contributed by atoms with Gasteiger partial charge in [0, 0.05) is 50.6 Å². The number of aromatic nitrogens is 4. The van der Waals surface area contributed by atoms with Gasteiger partial charge in [-0.2, -0.15) is 23.4 Å². The summed E-state index contributed by atoms with van der Waals surface area (Å²) >= 11 is 0. The first-order valence-electron chi connectivity index (χ1n) is 7.85. The van der Waals surface area contributed by atoms with Gasteiger partial charge in [0.1, 0.15) is 0 Å². The third-order valence-corrected chi connectivity index (χ3v) is 4.29. The largest absolute Gasteiger partial charge is 0.435 e. The van der Waals surface area contributed by atoms with Gasteiger partial charge in [0.2, 0.25) is 5.91 Å². The molecular formula is C16H22F3N5O. The number of carbonyl (C=O) groups is 1. The molecule has 0 atom stereocenters. The third kappa shape index (κ3) is 4.21. The van der Waals surface area contributed by atoms with Crippen LogP contribution >= 0.6 is 0 Å². The van der Waals surface area contributed by atoms with E-state index in [0.717, 1.165) is 23.0 Å². The number of nitrogens with zero attached hydrogens (tertiary/aromatic N) is 5. The highest BCUT2D eigenvalue weighted by molar-refractivity contribution is 5.75. The smallest absolute Gasteiger partial charge is 0.341 e. The molecule has 2 rings (SSSR count). The van der Waals surface area contributed by atoms with Gasteiger partial charge in [-0.05, 0) is 26.8 Å². The van der Waals surface area contributed by atoms with Crippen LogP contribution in [0.1, 0.15) is 34.8 Å². The summed E-state index contributed by atoms with van der Waals surface area (Å²) in [4.78, 5) is 13.9. The molecule has 9 heteroatoms.